The Kier molecular flexibility index (Phi) is 5.29. The predicted octanol–water partition coefficient (Wildman–Crippen LogP) is 4.43. The molecule has 0 fully saturated rings. The van der Waals surface area contributed by atoms with Gasteiger partial charge in [-0.1, -0.05) is 0 Å². The van der Waals surface area contributed by atoms with Gasteiger partial charge in [0.1, 0.15) is 17.9 Å². The summed E-state index contributed by atoms with van der Waals surface area (Å²) in [5.41, 5.74) is 3.10. The maximum atomic E-state index is 12.3. The third-order valence-electron chi connectivity index (χ3n) is 4.05. The van der Waals surface area contributed by atoms with Gasteiger partial charge in [0.05, 0.1) is 18.4 Å². The van der Waals surface area contributed by atoms with Crippen LogP contribution in [-0.4, -0.2) is 31.1 Å². The van der Waals surface area contributed by atoms with Crippen molar-refractivity contribution in [2.24, 2.45) is 0 Å². The van der Waals surface area contributed by atoms with Crippen LogP contribution in [0.25, 0.3) is 11.3 Å². The van der Waals surface area contributed by atoms with Crippen molar-refractivity contribution in [1.82, 2.24) is 24.7 Å². The van der Waals surface area contributed by atoms with Crippen molar-refractivity contribution in [1.29, 1.82) is 0 Å². The van der Waals surface area contributed by atoms with Crippen LogP contribution < -0.4 is 10.1 Å². The molecule has 3 heterocycles. The van der Waals surface area contributed by atoms with Crippen LogP contribution in [0.15, 0.2) is 73.6 Å². The zero-order chi connectivity index (χ0) is 21.0. The molecule has 10 heteroatoms. The SMILES string of the molecule is FC(F)(F)Oc1ccc(Nc2cc(-c3cnn(Cc4ccncc4)c3)ncn2)cc1. The summed E-state index contributed by atoms with van der Waals surface area (Å²) in [6, 6.07) is 10.9. The summed E-state index contributed by atoms with van der Waals surface area (Å²) >= 11 is 0. The van der Waals surface area contributed by atoms with E-state index in [1.807, 2.05) is 18.3 Å². The van der Waals surface area contributed by atoms with Crippen LogP contribution in [0, 0.1) is 0 Å². The number of anilines is 2. The summed E-state index contributed by atoms with van der Waals surface area (Å²) in [4.78, 5) is 12.4. The molecule has 0 aliphatic rings. The molecule has 0 spiro atoms. The van der Waals surface area contributed by atoms with Crippen LogP contribution in [0.2, 0.25) is 0 Å². The maximum Gasteiger partial charge on any atom is 0.573 e. The number of rotatable bonds is 6. The molecule has 4 aromatic rings. The molecule has 7 nitrogen and oxygen atoms in total. The van der Waals surface area contributed by atoms with Crippen molar-refractivity contribution in [3.05, 3.63) is 79.1 Å². The van der Waals surface area contributed by atoms with Crippen molar-refractivity contribution < 1.29 is 17.9 Å². The zero-order valence-electron chi connectivity index (χ0n) is 15.4. The highest BCUT2D eigenvalue weighted by molar-refractivity contribution is 5.64. The second-order valence-electron chi connectivity index (χ2n) is 6.27. The maximum absolute atomic E-state index is 12.3. The second-order valence-corrected chi connectivity index (χ2v) is 6.27. The number of pyridine rings is 1. The Balaban J connectivity index is 1.45. The molecule has 152 valence electrons. The van der Waals surface area contributed by atoms with Gasteiger partial charge in [-0.05, 0) is 42.0 Å². The normalized spacial score (nSPS) is 11.3. The van der Waals surface area contributed by atoms with Crippen molar-refractivity contribution in [2.45, 2.75) is 12.9 Å². The lowest BCUT2D eigenvalue weighted by molar-refractivity contribution is -0.274. The van der Waals surface area contributed by atoms with Crippen molar-refractivity contribution >= 4 is 11.5 Å². The first kappa shape index (κ1) is 19.4. The summed E-state index contributed by atoms with van der Waals surface area (Å²) in [6.45, 7) is 0.602. The molecule has 4 rings (SSSR count). The predicted molar refractivity (Wildman–Crippen MR) is 103 cm³/mol. The second kappa shape index (κ2) is 8.19. The van der Waals surface area contributed by atoms with Crippen molar-refractivity contribution in [3.63, 3.8) is 0 Å². The molecule has 0 unspecified atom stereocenters. The van der Waals surface area contributed by atoms with Crippen LogP contribution in [0.3, 0.4) is 0 Å². The first-order chi connectivity index (χ1) is 14.4. The van der Waals surface area contributed by atoms with E-state index in [2.05, 4.69) is 30.1 Å². The molecule has 0 radical (unpaired) electrons. The smallest absolute Gasteiger partial charge is 0.406 e. The van der Waals surface area contributed by atoms with Crippen molar-refractivity contribution in [3.8, 4) is 17.0 Å². The Morgan fingerprint density at radius 1 is 1.00 bits per heavy atom. The molecule has 3 aromatic heterocycles. The summed E-state index contributed by atoms with van der Waals surface area (Å²) in [5, 5.41) is 7.38. The van der Waals surface area contributed by atoms with E-state index in [1.165, 1.54) is 30.6 Å². The molecule has 1 aromatic carbocycles. The minimum absolute atomic E-state index is 0.293. The topological polar surface area (TPSA) is 77.8 Å². The number of halogens is 3. The van der Waals surface area contributed by atoms with Crippen LogP contribution in [0.5, 0.6) is 5.75 Å². The molecule has 0 atom stereocenters. The fourth-order valence-corrected chi connectivity index (χ4v) is 2.73. The molecule has 0 saturated heterocycles. The molecule has 0 bridgehead atoms. The molecule has 1 N–H and O–H groups in total. The molecular weight excluding hydrogens is 397 g/mol. The highest BCUT2D eigenvalue weighted by Gasteiger charge is 2.30. The molecule has 0 saturated carbocycles. The third kappa shape index (κ3) is 5.10. The van der Waals surface area contributed by atoms with Gasteiger partial charge in [-0.3, -0.25) is 9.67 Å². The van der Waals surface area contributed by atoms with E-state index in [-0.39, 0.29) is 5.75 Å². The minimum Gasteiger partial charge on any atom is -0.406 e. The van der Waals surface area contributed by atoms with Gasteiger partial charge >= 0.3 is 6.36 Å². The number of nitrogens with one attached hydrogen (secondary N) is 1. The van der Waals surface area contributed by atoms with E-state index in [1.54, 1.807) is 29.3 Å². The Bertz CT molecular complexity index is 1110. The van der Waals surface area contributed by atoms with Gasteiger partial charge in [-0.25, -0.2) is 9.97 Å². The van der Waals surface area contributed by atoms with Gasteiger partial charge in [0.15, 0.2) is 0 Å². The number of aromatic nitrogens is 5. The lowest BCUT2D eigenvalue weighted by atomic mass is 10.2. The lowest BCUT2D eigenvalue weighted by Crippen LogP contribution is -2.16. The summed E-state index contributed by atoms with van der Waals surface area (Å²) in [7, 11) is 0. The van der Waals surface area contributed by atoms with Gasteiger partial charge in [0.25, 0.3) is 0 Å². The first-order valence-electron chi connectivity index (χ1n) is 8.81. The van der Waals surface area contributed by atoms with Crippen LogP contribution >= 0.6 is 0 Å². The average molecular weight is 412 g/mol. The number of benzene rings is 1. The zero-order valence-corrected chi connectivity index (χ0v) is 15.4. The monoisotopic (exact) mass is 412 g/mol. The highest BCUT2D eigenvalue weighted by atomic mass is 19.4. The highest BCUT2D eigenvalue weighted by Crippen LogP contribution is 2.26. The molecular formula is C20H15F3N6O. The fraction of sp³-hybridized carbons (Fsp3) is 0.100. The number of nitrogens with zero attached hydrogens (tertiary/aromatic N) is 5. The van der Waals surface area contributed by atoms with Crippen LogP contribution in [0.4, 0.5) is 24.7 Å². The van der Waals surface area contributed by atoms with E-state index in [4.69, 9.17) is 0 Å². The quantitative estimate of drug-likeness (QED) is 0.505. The van der Waals surface area contributed by atoms with E-state index < -0.39 is 6.36 Å². The summed E-state index contributed by atoms with van der Waals surface area (Å²) in [5.74, 6) is 0.199. The first-order valence-corrected chi connectivity index (χ1v) is 8.81. The average Bonchev–Trinajstić information content (AvgIpc) is 3.18. The Morgan fingerprint density at radius 2 is 1.77 bits per heavy atom. The van der Waals surface area contributed by atoms with Crippen LogP contribution in [-0.2, 0) is 6.54 Å². The largest absolute Gasteiger partial charge is 0.573 e. The third-order valence-corrected chi connectivity index (χ3v) is 4.05. The standard InChI is InChI=1S/C20H15F3N6O/c21-20(22,23)30-17-3-1-16(2-4-17)28-19-9-18(25-13-26-19)15-10-27-29(12-15)11-14-5-7-24-8-6-14/h1-10,12-13H,11H2,(H,25,26,28). The summed E-state index contributed by atoms with van der Waals surface area (Å²) in [6.07, 6.45) is 3.71. The molecule has 0 aliphatic heterocycles. The number of ether oxygens (including phenoxy) is 1. The van der Waals surface area contributed by atoms with Gasteiger partial charge in [0.2, 0.25) is 0 Å². The molecule has 30 heavy (non-hydrogen) atoms. The van der Waals surface area contributed by atoms with Gasteiger partial charge in [-0.15, -0.1) is 13.2 Å². The van der Waals surface area contributed by atoms with Crippen molar-refractivity contribution in [2.75, 3.05) is 5.32 Å². The van der Waals surface area contributed by atoms with E-state index in [9.17, 15) is 13.2 Å². The van der Waals surface area contributed by atoms with E-state index in [0.717, 1.165) is 11.1 Å². The fourth-order valence-electron chi connectivity index (χ4n) is 2.73. The van der Waals surface area contributed by atoms with Gasteiger partial charge in [0, 0.05) is 35.9 Å². The number of hydrogen-bond acceptors (Lipinski definition) is 6. The Morgan fingerprint density at radius 3 is 2.50 bits per heavy atom. The minimum atomic E-state index is -4.72. The van der Waals surface area contributed by atoms with Gasteiger partial charge in [-0.2, -0.15) is 5.10 Å². The Labute approximate surface area is 169 Å². The van der Waals surface area contributed by atoms with E-state index in [0.29, 0.717) is 23.7 Å². The van der Waals surface area contributed by atoms with Crippen LogP contribution in [0.1, 0.15) is 5.56 Å². The van der Waals surface area contributed by atoms with Gasteiger partial charge < -0.3 is 10.1 Å². The number of alkyl halides is 3. The lowest BCUT2D eigenvalue weighted by Gasteiger charge is -2.10. The number of hydrogen-bond donors (Lipinski definition) is 1. The van der Waals surface area contributed by atoms with E-state index >= 15 is 0 Å². The molecule has 0 aliphatic carbocycles. The Hall–Kier alpha value is -3.95. The molecule has 0 amide bonds. The summed E-state index contributed by atoms with van der Waals surface area (Å²) < 4.78 is 42.4.